The summed E-state index contributed by atoms with van der Waals surface area (Å²) in [5.74, 6) is -0.239. The fourth-order valence-electron chi connectivity index (χ4n) is 3.79. The van der Waals surface area contributed by atoms with Crippen molar-refractivity contribution in [3.8, 4) is 0 Å². The number of benzene rings is 1. The van der Waals surface area contributed by atoms with Crippen molar-refractivity contribution < 1.29 is 9.90 Å². The van der Waals surface area contributed by atoms with Crippen LogP contribution in [-0.2, 0) is 6.42 Å². The second-order valence-corrected chi connectivity index (χ2v) is 8.14. The summed E-state index contributed by atoms with van der Waals surface area (Å²) >= 11 is 1.50. The van der Waals surface area contributed by atoms with Crippen molar-refractivity contribution >= 4 is 28.6 Å². The Morgan fingerprint density at radius 1 is 1.21 bits per heavy atom. The molecule has 2 unspecified atom stereocenters. The molecule has 1 aromatic carbocycles. The first-order chi connectivity index (χ1) is 14.1. The standard InChI is InChI=1S/C22H24N4O2S/c1-29-22-23-12-14(13-24-22)10-15-11-19(25-17-7-3-2-6-16(15)17)21(28)26-18-8-4-5-9-20(18)27/h2-3,6-7,11-13,18,20,27H,4-5,8-10H2,1H3,(H,26,28). The van der Waals surface area contributed by atoms with Gasteiger partial charge in [-0.2, -0.15) is 0 Å². The van der Waals surface area contributed by atoms with Crippen molar-refractivity contribution in [1.29, 1.82) is 0 Å². The third kappa shape index (κ3) is 4.57. The van der Waals surface area contributed by atoms with Gasteiger partial charge in [-0.25, -0.2) is 15.0 Å². The van der Waals surface area contributed by atoms with E-state index >= 15 is 0 Å². The zero-order chi connectivity index (χ0) is 20.2. The molecule has 1 fully saturated rings. The molecule has 2 aromatic heterocycles. The summed E-state index contributed by atoms with van der Waals surface area (Å²) in [6, 6.07) is 9.45. The largest absolute Gasteiger partial charge is 0.391 e. The van der Waals surface area contributed by atoms with E-state index in [9.17, 15) is 9.90 Å². The minimum absolute atomic E-state index is 0.208. The highest BCUT2D eigenvalue weighted by molar-refractivity contribution is 7.98. The van der Waals surface area contributed by atoms with E-state index in [-0.39, 0.29) is 11.9 Å². The van der Waals surface area contributed by atoms with E-state index in [2.05, 4.69) is 20.3 Å². The monoisotopic (exact) mass is 408 g/mol. The number of para-hydroxylation sites is 1. The Balaban J connectivity index is 1.63. The van der Waals surface area contributed by atoms with Gasteiger partial charge in [0, 0.05) is 24.2 Å². The van der Waals surface area contributed by atoms with Gasteiger partial charge in [-0.3, -0.25) is 4.79 Å². The molecule has 0 bridgehead atoms. The maximum atomic E-state index is 12.9. The predicted octanol–water partition coefficient (Wildman–Crippen LogP) is 3.37. The summed E-state index contributed by atoms with van der Waals surface area (Å²) in [4.78, 5) is 26.1. The van der Waals surface area contributed by atoms with Gasteiger partial charge in [0.1, 0.15) is 5.69 Å². The Morgan fingerprint density at radius 2 is 1.97 bits per heavy atom. The van der Waals surface area contributed by atoms with Crippen LogP contribution >= 0.6 is 11.8 Å². The molecule has 0 spiro atoms. The molecule has 1 aliphatic rings. The summed E-state index contributed by atoms with van der Waals surface area (Å²) in [6.07, 6.45) is 9.27. The highest BCUT2D eigenvalue weighted by Gasteiger charge is 2.25. The molecule has 2 heterocycles. The van der Waals surface area contributed by atoms with Crippen molar-refractivity contribution in [2.24, 2.45) is 0 Å². The third-order valence-corrected chi connectivity index (χ3v) is 5.92. The van der Waals surface area contributed by atoms with Crippen LogP contribution < -0.4 is 5.32 Å². The molecule has 1 aliphatic carbocycles. The number of fused-ring (bicyclic) bond motifs is 1. The second-order valence-electron chi connectivity index (χ2n) is 7.37. The SMILES string of the molecule is CSc1ncc(Cc2cc(C(=O)NC3CCCCC3O)nc3ccccc23)cn1. The first-order valence-electron chi connectivity index (χ1n) is 9.86. The minimum Gasteiger partial charge on any atom is -0.391 e. The highest BCUT2D eigenvalue weighted by Crippen LogP contribution is 2.23. The fraction of sp³-hybridized carbons (Fsp3) is 0.364. The number of rotatable bonds is 5. The topological polar surface area (TPSA) is 88.0 Å². The van der Waals surface area contributed by atoms with Gasteiger partial charge in [0.05, 0.1) is 17.7 Å². The van der Waals surface area contributed by atoms with Gasteiger partial charge in [-0.05, 0) is 42.4 Å². The lowest BCUT2D eigenvalue weighted by Crippen LogP contribution is -2.45. The molecule has 0 saturated heterocycles. The average molecular weight is 409 g/mol. The molecule has 3 aromatic rings. The van der Waals surface area contributed by atoms with E-state index < -0.39 is 6.10 Å². The highest BCUT2D eigenvalue weighted by atomic mass is 32.2. The average Bonchev–Trinajstić information content (AvgIpc) is 2.76. The molecule has 7 heteroatoms. The van der Waals surface area contributed by atoms with Crippen LogP contribution in [0.15, 0.2) is 47.9 Å². The quantitative estimate of drug-likeness (QED) is 0.497. The van der Waals surface area contributed by atoms with E-state index in [0.29, 0.717) is 12.1 Å². The summed E-state index contributed by atoms with van der Waals surface area (Å²) < 4.78 is 0. The van der Waals surface area contributed by atoms with Crippen molar-refractivity contribution in [2.45, 2.75) is 49.4 Å². The Morgan fingerprint density at radius 3 is 2.72 bits per heavy atom. The third-order valence-electron chi connectivity index (χ3n) is 5.34. The zero-order valence-electron chi connectivity index (χ0n) is 16.3. The number of aliphatic hydroxyl groups is 1. The molecule has 1 amide bonds. The Bertz CT molecular complexity index is 1010. The summed E-state index contributed by atoms with van der Waals surface area (Å²) in [5.41, 5.74) is 3.14. The van der Waals surface area contributed by atoms with Crippen molar-refractivity contribution in [1.82, 2.24) is 20.3 Å². The predicted molar refractivity (Wildman–Crippen MR) is 114 cm³/mol. The van der Waals surface area contributed by atoms with E-state index in [1.165, 1.54) is 11.8 Å². The molecule has 0 aliphatic heterocycles. The number of aromatic nitrogens is 3. The first-order valence-corrected chi connectivity index (χ1v) is 11.1. The van der Waals surface area contributed by atoms with Crippen molar-refractivity contribution in [2.75, 3.05) is 6.26 Å². The van der Waals surface area contributed by atoms with Crippen LogP contribution in [0.1, 0.15) is 47.3 Å². The van der Waals surface area contributed by atoms with Gasteiger partial charge < -0.3 is 10.4 Å². The number of pyridine rings is 1. The van der Waals surface area contributed by atoms with Crippen molar-refractivity contribution in [3.05, 3.63) is 59.5 Å². The first kappa shape index (κ1) is 19.8. The van der Waals surface area contributed by atoms with Gasteiger partial charge in [0.25, 0.3) is 5.91 Å². The van der Waals surface area contributed by atoms with Gasteiger partial charge in [-0.15, -0.1) is 0 Å². The number of hydrogen-bond donors (Lipinski definition) is 2. The number of hydrogen-bond acceptors (Lipinski definition) is 6. The Labute approximate surface area is 174 Å². The lowest BCUT2D eigenvalue weighted by Gasteiger charge is -2.28. The molecule has 4 rings (SSSR count). The molecule has 1 saturated carbocycles. The van der Waals surface area contributed by atoms with Gasteiger partial charge in [0.15, 0.2) is 5.16 Å². The lowest BCUT2D eigenvalue weighted by molar-refractivity contribution is 0.0714. The minimum atomic E-state index is -0.486. The number of nitrogens with one attached hydrogen (secondary N) is 1. The molecular formula is C22H24N4O2S. The van der Waals surface area contributed by atoms with Crippen molar-refractivity contribution in [3.63, 3.8) is 0 Å². The molecule has 0 radical (unpaired) electrons. The van der Waals surface area contributed by atoms with Gasteiger partial charge in [0.2, 0.25) is 0 Å². The van der Waals surface area contributed by atoms with Gasteiger partial charge >= 0.3 is 0 Å². The second kappa shape index (κ2) is 8.88. The molecular weight excluding hydrogens is 384 g/mol. The van der Waals surface area contributed by atoms with Crippen LogP contribution in [0.25, 0.3) is 10.9 Å². The van der Waals surface area contributed by atoms with Crippen LogP contribution in [0.5, 0.6) is 0 Å². The van der Waals surface area contributed by atoms with E-state index in [0.717, 1.165) is 52.9 Å². The van der Waals surface area contributed by atoms with E-state index in [1.54, 1.807) is 0 Å². The number of aliphatic hydroxyl groups excluding tert-OH is 1. The fourth-order valence-corrected chi connectivity index (χ4v) is 4.11. The van der Waals surface area contributed by atoms with E-state index in [4.69, 9.17) is 0 Å². The smallest absolute Gasteiger partial charge is 0.270 e. The number of amides is 1. The number of carbonyl (C=O) groups excluding carboxylic acids is 1. The van der Waals surface area contributed by atoms with Gasteiger partial charge in [-0.1, -0.05) is 42.8 Å². The summed E-state index contributed by atoms with van der Waals surface area (Å²) in [6.45, 7) is 0. The maximum Gasteiger partial charge on any atom is 0.270 e. The van der Waals surface area contributed by atoms with Crippen LogP contribution in [-0.4, -0.2) is 44.4 Å². The van der Waals surface area contributed by atoms with E-state index in [1.807, 2.05) is 49.0 Å². The van der Waals surface area contributed by atoms with Crippen LogP contribution in [0, 0.1) is 0 Å². The maximum absolute atomic E-state index is 12.9. The lowest BCUT2D eigenvalue weighted by atomic mass is 9.92. The molecule has 150 valence electrons. The normalized spacial score (nSPS) is 19.2. The van der Waals surface area contributed by atoms with Crippen LogP contribution in [0.3, 0.4) is 0 Å². The Hall–Kier alpha value is -2.51. The number of carbonyl (C=O) groups is 1. The van der Waals surface area contributed by atoms with Crippen LogP contribution in [0.4, 0.5) is 0 Å². The van der Waals surface area contributed by atoms with Crippen LogP contribution in [0.2, 0.25) is 0 Å². The number of nitrogens with zero attached hydrogens (tertiary/aromatic N) is 3. The summed E-state index contributed by atoms with van der Waals surface area (Å²) in [5, 5.41) is 14.9. The molecule has 29 heavy (non-hydrogen) atoms. The summed E-state index contributed by atoms with van der Waals surface area (Å²) in [7, 11) is 0. The molecule has 2 atom stereocenters. The Kier molecular flexibility index (Phi) is 6.06. The zero-order valence-corrected chi connectivity index (χ0v) is 17.2. The number of thioether (sulfide) groups is 1. The molecule has 2 N–H and O–H groups in total. The molecule has 6 nitrogen and oxygen atoms in total.